The van der Waals surface area contributed by atoms with E-state index < -0.39 is 0 Å². The summed E-state index contributed by atoms with van der Waals surface area (Å²) in [4.78, 5) is 25.2. The van der Waals surface area contributed by atoms with E-state index in [0.717, 1.165) is 10.6 Å². The molecule has 20 heavy (non-hydrogen) atoms. The highest BCUT2D eigenvalue weighted by molar-refractivity contribution is 8.00. The Labute approximate surface area is 122 Å². The number of nitrogens with one attached hydrogen (secondary N) is 1. The van der Waals surface area contributed by atoms with Crippen LogP contribution < -0.4 is 5.32 Å². The van der Waals surface area contributed by atoms with Crippen LogP contribution in [0.3, 0.4) is 0 Å². The molecule has 6 heteroatoms. The summed E-state index contributed by atoms with van der Waals surface area (Å²) in [6, 6.07) is 9.33. The molecule has 1 N–H and O–H groups in total. The van der Waals surface area contributed by atoms with Crippen LogP contribution in [0.2, 0.25) is 0 Å². The molecule has 0 bridgehead atoms. The minimum atomic E-state index is -0.111. The Kier molecular flexibility index (Phi) is 6.60. The smallest absolute Gasteiger partial charge is 0.232 e. The maximum Gasteiger partial charge on any atom is 0.232 e. The molecule has 0 aromatic heterocycles. The first kappa shape index (κ1) is 16.1. The summed E-state index contributed by atoms with van der Waals surface area (Å²) in [6.07, 6.45) is 0.346. The molecule has 0 aliphatic rings. The molecule has 0 aliphatic carbocycles. The summed E-state index contributed by atoms with van der Waals surface area (Å²) in [5.41, 5.74) is 0.735. The minimum absolute atomic E-state index is 0.00353. The van der Waals surface area contributed by atoms with E-state index in [-0.39, 0.29) is 11.8 Å². The lowest BCUT2D eigenvalue weighted by atomic mass is 10.3. The third-order valence-corrected chi connectivity index (χ3v) is 3.52. The Hall–Kier alpha value is -2.00. The van der Waals surface area contributed by atoms with Crippen molar-refractivity contribution in [1.82, 2.24) is 4.90 Å². The molecule has 0 spiro atoms. The number of nitriles is 1. The predicted octanol–water partition coefficient (Wildman–Crippen LogP) is 2.11. The Bertz CT molecular complexity index is 508. The van der Waals surface area contributed by atoms with Crippen molar-refractivity contribution in [2.45, 2.75) is 18.2 Å². The molecule has 0 heterocycles. The van der Waals surface area contributed by atoms with Gasteiger partial charge in [0.2, 0.25) is 11.8 Å². The number of amides is 2. The van der Waals surface area contributed by atoms with Gasteiger partial charge < -0.3 is 10.2 Å². The van der Waals surface area contributed by atoms with Gasteiger partial charge in [0.15, 0.2) is 0 Å². The first-order chi connectivity index (χ1) is 9.52. The molecule has 0 aliphatic heterocycles. The highest BCUT2D eigenvalue weighted by Crippen LogP contribution is 2.20. The maximum atomic E-state index is 11.8. The van der Waals surface area contributed by atoms with Crippen molar-refractivity contribution in [3.63, 3.8) is 0 Å². The fraction of sp³-hybridized carbons (Fsp3) is 0.357. The van der Waals surface area contributed by atoms with Crippen molar-refractivity contribution >= 4 is 29.3 Å². The average Bonchev–Trinajstić information content (AvgIpc) is 2.43. The maximum absolute atomic E-state index is 11.8. The number of hydrogen-bond donors (Lipinski definition) is 1. The Balaban J connectivity index is 2.43. The number of carbonyl (C=O) groups excluding carboxylic acids is 2. The van der Waals surface area contributed by atoms with Gasteiger partial charge in [-0.1, -0.05) is 0 Å². The van der Waals surface area contributed by atoms with Crippen molar-refractivity contribution in [3.8, 4) is 6.07 Å². The van der Waals surface area contributed by atoms with Gasteiger partial charge in [0.25, 0.3) is 0 Å². The predicted molar refractivity (Wildman–Crippen MR) is 79.3 cm³/mol. The fourth-order valence-corrected chi connectivity index (χ4v) is 2.27. The van der Waals surface area contributed by atoms with E-state index in [1.54, 1.807) is 24.1 Å². The summed E-state index contributed by atoms with van der Waals surface area (Å²) in [5.74, 6) is 0.220. The SMILES string of the molecule is CC(=O)Nc1ccc(SCC(=O)N(C)CCC#N)cc1. The second kappa shape index (κ2) is 8.23. The van der Waals surface area contributed by atoms with Crippen LogP contribution in [0.5, 0.6) is 0 Å². The molecule has 0 unspecified atom stereocenters. The molecule has 106 valence electrons. The van der Waals surface area contributed by atoms with E-state index in [1.807, 2.05) is 18.2 Å². The summed E-state index contributed by atoms with van der Waals surface area (Å²) in [5, 5.41) is 11.2. The normalized spacial score (nSPS) is 9.65. The summed E-state index contributed by atoms with van der Waals surface area (Å²) in [6.45, 7) is 1.91. The van der Waals surface area contributed by atoms with Crippen molar-refractivity contribution in [2.75, 3.05) is 24.7 Å². The van der Waals surface area contributed by atoms with Crippen LogP contribution in [0.25, 0.3) is 0 Å². The summed E-state index contributed by atoms with van der Waals surface area (Å²) >= 11 is 1.43. The van der Waals surface area contributed by atoms with E-state index in [0.29, 0.717) is 18.7 Å². The van der Waals surface area contributed by atoms with Crippen LogP contribution in [0.1, 0.15) is 13.3 Å². The molecule has 0 fully saturated rings. The lowest BCUT2D eigenvalue weighted by Gasteiger charge is -2.15. The van der Waals surface area contributed by atoms with Crippen LogP contribution in [0, 0.1) is 11.3 Å². The highest BCUT2D eigenvalue weighted by atomic mass is 32.2. The molecule has 0 saturated heterocycles. The van der Waals surface area contributed by atoms with Gasteiger partial charge >= 0.3 is 0 Å². The molecule has 0 saturated carbocycles. The lowest BCUT2D eigenvalue weighted by Crippen LogP contribution is -2.29. The third-order valence-electron chi connectivity index (χ3n) is 2.52. The third kappa shape index (κ3) is 5.76. The standard InChI is InChI=1S/C14H17N3O2S/c1-11(18)16-12-4-6-13(7-5-12)20-10-14(19)17(2)9-3-8-15/h4-7H,3,9-10H2,1-2H3,(H,16,18). The van der Waals surface area contributed by atoms with E-state index in [1.165, 1.54) is 18.7 Å². The van der Waals surface area contributed by atoms with Gasteiger partial charge in [0, 0.05) is 31.1 Å². The van der Waals surface area contributed by atoms with Gasteiger partial charge in [-0.05, 0) is 24.3 Å². The van der Waals surface area contributed by atoms with Crippen LogP contribution in [-0.2, 0) is 9.59 Å². The average molecular weight is 291 g/mol. The van der Waals surface area contributed by atoms with E-state index >= 15 is 0 Å². The quantitative estimate of drug-likeness (QED) is 0.815. The van der Waals surface area contributed by atoms with Gasteiger partial charge in [-0.15, -0.1) is 11.8 Å². The largest absolute Gasteiger partial charge is 0.344 e. The first-order valence-electron chi connectivity index (χ1n) is 6.14. The highest BCUT2D eigenvalue weighted by Gasteiger charge is 2.08. The zero-order valence-corrected chi connectivity index (χ0v) is 12.4. The zero-order chi connectivity index (χ0) is 15.0. The van der Waals surface area contributed by atoms with Gasteiger partial charge in [0.05, 0.1) is 18.2 Å². The van der Waals surface area contributed by atoms with Gasteiger partial charge in [-0.3, -0.25) is 9.59 Å². The molecule has 2 amide bonds. The molecule has 1 rings (SSSR count). The van der Waals surface area contributed by atoms with Gasteiger partial charge in [0.1, 0.15) is 0 Å². The number of carbonyl (C=O) groups is 2. The van der Waals surface area contributed by atoms with Gasteiger partial charge in [-0.2, -0.15) is 5.26 Å². The second-order valence-electron chi connectivity index (χ2n) is 4.22. The van der Waals surface area contributed by atoms with Crippen molar-refractivity contribution < 1.29 is 9.59 Å². The number of nitrogens with zero attached hydrogens (tertiary/aromatic N) is 2. The number of thioether (sulfide) groups is 1. The molecule has 5 nitrogen and oxygen atoms in total. The van der Waals surface area contributed by atoms with Gasteiger partial charge in [-0.25, -0.2) is 0 Å². The van der Waals surface area contributed by atoms with Crippen LogP contribution >= 0.6 is 11.8 Å². The molecule has 0 radical (unpaired) electrons. The second-order valence-corrected chi connectivity index (χ2v) is 5.27. The molecule has 1 aromatic rings. The summed E-state index contributed by atoms with van der Waals surface area (Å²) < 4.78 is 0. The van der Waals surface area contributed by atoms with Crippen molar-refractivity contribution in [1.29, 1.82) is 5.26 Å². The Morgan fingerprint density at radius 2 is 2.00 bits per heavy atom. The minimum Gasteiger partial charge on any atom is -0.344 e. The van der Waals surface area contributed by atoms with Crippen molar-refractivity contribution in [3.05, 3.63) is 24.3 Å². The monoisotopic (exact) mass is 291 g/mol. The van der Waals surface area contributed by atoms with Crippen molar-refractivity contribution in [2.24, 2.45) is 0 Å². The molecule has 0 atom stereocenters. The van der Waals surface area contributed by atoms with E-state index in [4.69, 9.17) is 5.26 Å². The van der Waals surface area contributed by atoms with Crippen LogP contribution in [0.4, 0.5) is 5.69 Å². The number of hydrogen-bond acceptors (Lipinski definition) is 4. The first-order valence-corrected chi connectivity index (χ1v) is 7.13. The van der Waals surface area contributed by atoms with E-state index in [2.05, 4.69) is 5.32 Å². The molecular formula is C14H17N3O2S. The van der Waals surface area contributed by atoms with E-state index in [9.17, 15) is 9.59 Å². The van der Waals surface area contributed by atoms with Crippen LogP contribution in [-0.4, -0.2) is 36.1 Å². The fourth-order valence-electron chi connectivity index (χ4n) is 1.44. The summed E-state index contributed by atoms with van der Waals surface area (Å²) in [7, 11) is 1.69. The zero-order valence-electron chi connectivity index (χ0n) is 11.5. The molecular weight excluding hydrogens is 274 g/mol. The van der Waals surface area contributed by atoms with Crippen LogP contribution in [0.15, 0.2) is 29.2 Å². The molecule has 1 aromatic carbocycles. The lowest BCUT2D eigenvalue weighted by molar-refractivity contribution is -0.127. The Morgan fingerprint density at radius 1 is 1.35 bits per heavy atom. The number of benzene rings is 1. The topological polar surface area (TPSA) is 73.2 Å². The number of rotatable bonds is 6. The Morgan fingerprint density at radius 3 is 2.55 bits per heavy atom. The number of anilines is 1.